The lowest BCUT2D eigenvalue weighted by atomic mass is 10.3. The molecule has 1 aromatic heterocycles. The number of carboxylic acid groups (broad SMARTS) is 1. The molecule has 0 amide bonds. The van der Waals surface area contributed by atoms with Crippen molar-refractivity contribution in [3.05, 3.63) is 22.1 Å². The lowest BCUT2D eigenvalue weighted by Gasteiger charge is -1.85. The van der Waals surface area contributed by atoms with Gasteiger partial charge in [-0.05, 0) is 22.9 Å². The second-order valence-corrected chi connectivity index (χ2v) is 2.66. The van der Waals surface area contributed by atoms with Crippen molar-refractivity contribution in [3.8, 4) is 0 Å². The number of aryl methyl sites for hydroxylation is 1. The Morgan fingerprint density at radius 3 is 2.60 bits per heavy atom. The number of carboxylic acids is 1. The molecule has 0 aliphatic carbocycles. The van der Waals surface area contributed by atoms with Crippen molar-refractivity contribution in [3.63, 3.8) is 0 Å². The first-order chi connectivity index (χ1) is 4.63. The van der Waals surface area contributed by atoms with Crippen LogP contribution in [0.2, 0.25) is 0 Å². The van der Waals surface area contributed by atoms with Gasteiger partial charge in [0.2, 0.25) is 5.76 Å². The molecule has 1 rings (SSSR count). The lowest BCUT2D eigenvalue weighted by molar-refractivity contribution is 0.0661. The molecular weight excluding hydrogens is 200 g/mol. The van der Waals surface area contributed by atoms with Crippen molar-refractivity contribution in [2.75, 3.05) is 0 Å². The third-order valence-electron chi connectivity index (χ3n) is 1.09. The molecule has 54 valence electrons. The molecule has 0 aliphatic heterocycles. The molecule has 0 aliphatic rings. The molecule has 3 nitrogen and oxygen atoms in total. The molecule has 1 heterocycles. The van der Waals surface area contributed by atoms with E-state index >= 15 is 0 Å². The van der Waals surface area contributed by atoms with E-state index in [4.69, 9.17) is 9.52 Å². The standard InChI is InChI=1S/C6H5BrO3/c1-3-2-10-5(4(3)7)6(8)9/h2H,1H3,(H,8,9). The van der Waals surface area contributed by atoms with Gasteiger partial charge in [-0.1, -0.05) is 0 Å². The molecule has 0 fully saturated rings. The van der Waals surface area contributed by atoms with Gasteiger partial charge in [0.25, 0.3) is 0 Å². The maximum absolute atomic E-state index is 10.3. The van der Waals surface area contributed by atoms with Gasteiger partial charge in [-0.15, -0.1) is 0 Å². The van der Waals surface area contributed by atoms with Crippen LogP contribution in [0.5, 0.6) is 0 Å². The van der Waals surface area contributed by atoms with Crippen LogP contribution in [-0.4, -0.2) is 11.1 Å². The van der Waals surface area contributed by atoms with Crippen molar-refractivity contribution < 1.29 is 14.3 Å². The van der Waals surface area contributed by atoms with E-state index in [1.54, 1.807) is 6.92 Å². The summed E-state index contributed by atoms with van der Waals surface area (Å²) >= 11 is 3.08. The molecule has 0 unspecified atom stereocenters. The van der Waals surface area contributed by atoms with Gasteiger partial charge in [0, 0.05) is 5.56 Å². The Bertz CT molecular complexity index is 264. The van der Waals surface area contributed by atoms with Crippen LogP contribution in [0.25, 0.3) is 0 Å². The van der Waals surface area contributed by atoms with Crippen molar-refractivity contribution >= 4 is 21.9 Å². The zero-order valence-electron chi connectivity index (χ0n) is 5.22. The minimum absolute atomic E-state index is 0.0440. The highest BCUT2D eigenvalue weighted by Gasteiger charge is 2.13. The first-order valence-electron chi connectivity index (χ1n) is 2.60. The van der Waals surface area contributed by atoms with E-state index in [-0.39, 0.29) is 5.76 Å². The Balaban J connectivity index is 3.17. The van der Waals surface area contributed by atoms with Gasteiger partial charge in [-0.25, -0.2) is 4.79 Å². The monoisotopic (exact) mass is 204 g/mol. The smallest absolute Gasteiger partial charge is 0.372 e. The second-order valence-electron chi connectivity index (χ2n) is 1.87. The molecule has 10 heavy (non-hydrogen) atoms. The minimum Gasteiger partial charge on any atom is -0.475 e. The fourth-order valence-corrected chi connectivity index (χ4v) is 0.931. The average Bonchev–Trinajstić information content (AvgIpc) is 2.14. The first-order valence-corrected chi connectivity index (χ1v) is 3.39. The zero-order chi connectivity index (χ0) is 7.72. The maximum Gasteiger partial charge on any atom is 0.372 e. The fraction of sp³-hybridized carbons (Fsp3) is 0.167. The predicted octanol–water partition coefficient (Wildman–Crippen LogP) is 2.05. The van der Waals surface area contributed by atoms with E-state index < -0.39 is 5.97 Å². The van der Waals surface area contributed by atoms with E-state index in [0.29, 0.717) is 4.47 Å². The summed E-state index contributed by atoms with van der Waals surface area (Å²) in [5.41, 5.74) is 0.789. The third kappa shape index (κ3) is 1.07. The Morgan fingerprint density at radius 2 is 2.40 bits per heavy atom. The fourth-order valence-electron chi connectivity index (χ4n) is 0.574. The summed E-state index contributed by atoms with van der Waals surface area (Å²) in [7, 11) is 0. The quantitative estimate of drug-likeness (QED) is 0.763. The number of rotatable bonds is 1. The summed E-state index contributed by atoms with van der Waals surface area (Å²) in [6.07, 6.45) is 1.40. The molecule has 4 heteroatoms. The average molecular weight is 205 g/mol. The molecule has 0 bridgehead atoms. The molecule has 1 aromatic rings. The van der Waals surface area contributed by atoms with Crippen LogP contribution in [0.1, 0.15) is 16.1 Å². The van der Waals surface area contributed by atoms with Gasteiger partial charge in [-0.3, -0.25) is 0 Å². The third-order valence-corrected chi connectivity index (χ3v) is 2.08. The number of furan rings is 1. The van der Waals surface area contributed by atoms with Crippen LogP contribution in [0, 0.1) is 6.92 Å². The largest absolute Gasteiger partial charge is 0.475 e. The highest BCUT2D eigenvalue weighted by molar-refractivity contribution is 9.10. The molecule has 0 saturated heterocycles. The first kappa shape index (κ1) is 7.34. The van der Waals surface area contributed by atoms with Gasteiger partial charge in [0.15, 0.2) is 0 Å². The van der Waals surface area contributed by atoms with Crippen LogP contribution in [0.3, 0.4) is 0 Å². The molecule has 0 spiro atoms. The van der Waals surface area contributed by atoms with E-state index in [1.165, 1.54) is 6.26 Å². The summed E-state index contributed by atoms with van der Waals surface area (Å²) in [5.74, 6) is -1.10. The Morgan fingerprint density at radius 1 is 1.80 bits per heavy atom. The van der Waals surface area contributed by atoms with Crippen molar-refractivity contribution in [2.45, 2.75) is 6.92 Å². The topological polar surface area (TPSA) is 50.4 Å². The molecule has 0 saturated carbocycles. The summed E-state index contributed by atoms with van der Waals surface area (Å²) in [6.45, 7) is 1.76. The maximum atomic E-state index is 10.3. The van der Waals surface area contributed by atoms with E-state index in [1.807, 2.05) is 0 Å². The normalized spacial score (nSPS) is 9.80. The summed E-state index contributed by atoms with van der Waals surface area (Å²) < 4.78 is 5.22. The summed E-state index contributed by atoms with van der Waals surface area (Å²) in [5, 5.41) is 8.46. The van der Waals surface area contributed by atoms with Crippen LogP contribution in [0.15, 0.2) is 15.2 Å². The molecule has 0 atom stereocenters. The zero-order valence-corrected chi connectivity index (χ0v) is 6.81. The number of hydrogen-bond donors (Lipinski definition) is 1. The Hall–Kier alpha value is -0.770. The van der Waals surface area contributed by atoms with Crippen LogP contribution in [0.4, 0.5) is 0 Å². The van der Waals surface area contributed by atoms with Crippen LogP contribution >= 0.6 is 15.9 Å². The number of aromatic carboxylic acids is 1. The molecule has 0 aromatic carbocycles. The summed E-state index contributed by atoms with van der Waals surface area (Å²) in [6, 6.07) is 0. The molecular formula is C6H5BrO3. The van der Waals surface area contributed by atoms with Crippen molar-refractivity contribution in [1.29, 1.82) is 0 Å². The Kier molecular flexibility index (Phi) is 1.80. The minimum atomic E-state index is -1.06. The van der Waals surface area contributed by atoms with Crippen molar-refractivity contribution in [2.24, 2.45) is 0 Å². The van der Waals surface area contributed by atoms with Gasteiger partial charge < -0.3 is 9.52 Å². The van der Waals surface area contributed by atoms with Crippen LogP contribution < -0.4 is 0 Å². The van der Waals surface area contributed by atoms with E-state index in [0.717, 1.165) is 5.56 Å². The SMILES string of the molecule is Cc1coc(C(=O)O)c1Br. The highest BCUT2D eigenvalue weighted by Crippen LogP contribution is 2.22. The summed E-state index contributed by atoms with van der Waals surface area (Å²) in [4.78, 5) is 10.3. The molecule has 0 radical (unpaired) electrons. The van der Waals surface area contributed by atoms with Gasteiger partial charge in [0.05, 0.1) is 10.7 Å². The molecule has 1 N–H and O–H groups in total. The lowest BCUT2D eigenvalue weighted by Crippen LogP contribution is -1.93. The number of carbonyl (C=O) groups is 1. The predicted molar refractivity (Wildman–Crippen MR) is 38.1 cm³/mol. The number of halogens is 1. The van der Waals surface area contributed by atoms with E-state index in [2.05, 4.69) is 15.9 Å². The second kappa shape index (κ2) is 2.46. The van der Waals surface area contributed by atoms with Gasteiger partial charge in [0.1, 0.15) is 0 Å². The van der Waals surface area contributed by atoms with Crippen LogP contribution in [-0.2, 0) is 0 Å². The Labute approximate surface area is 65.8 Å². The van der Waals surface area contributed by atoms with Gasteiger partial charge in [-0.2, -0.15) is 0 Å². The highest BCUT2D eigenvalue weighted by atomic mass is 79.9. The van der Waals surface area contributed by atoms with Crippen molar-refractivity contribution in [1.82, 2.24) is 0 Å². The number of hydrogen-bond acceptors (Lipinski definition) is 2. The van der Waals surface area contributed by atoms with E-state index in [9.17, 15) is 4.79 Å². The van der Waals surface area contributed by atoms with Gasteiger partial charge >= 0.3 is 5.97 Å².